The SMILES string of the molecule is Cc1cc(S(=O)(=O)NC2(C)CCOCC2)cc(N)c1F. The molecule has 1 aliphatic heterocycles. The van der Waals surface area contributed by atoms with Crippen LogP contribution in [0, 0.1) is 12.7 Å². The first kappa shape index (κ1) is 15.2. The Labute approximate surface area is 118 Å². The largest absolute Gasteiger partial charge is 0.396 e. The van der Waals surface area contributed by atoms with Gasteiger partial charge >= 0.3 is 0 Å². The molecule has 0 amide bonds. The van der Waals surface area contributed by atoms with Crippen LogP contribution in [-0.4, -0.2) is 27.2 Å². The van der Waals surface area contributed by atoms with Crippen LogP contribution in [0.25, 0.3) is 0 Å². The van der Waals surface area contributed by atoms with Crippen LogP contribution >= 0.6 is 0 Å². The van der Waals surface area contributed by atoms with Crippen molar-refractivity contribution in [2.45, 2.75) is 37.1 Å². The van der Waals surface area contributed by atoms with Gasteiger partial charge < -0.3 is 10.5 Å². The fourth-order valence-electron chi connectivity index (χ4n) is 2.23. The van der Waals surface area contributed by atoms with Crippen molar-refractivity contribution in [1.82, 2.24) is 4.72 Å². The normalized spacial score (nSPS) is 18.9. The Balaban J connectivity index is 2.31. The third-order valence-corrected chi connectivity index (χ3v) is 5.16. The smallest absolute Gasteiger partial charge is 0.241 e. The summed E-state index contributed by atoms with van der Waals surface area (Å²) in [6.45, 7) is 4.36. The van der Waals surface area contributed by atoms with Crippen LogP contribution in [0.15, 0.2) is 17.0 Å². The molecular weight excluding hydrogens is 283 g/mol. The van der Waals surface area contributed by atoms with E-state index in [0.717, 1.165) is 6.07 Å². The minimum Gasteiger partial charge on any atom is -0.396 e. The number of anilines is 1. The molecule has 1 saturated heterocycles. The summed E-state index contributed by atoms with van der Waals surface area (Å²) in [6.07, 6.45) is 1.20. The van der Waals surface area contributed by atoms with Crippen molar-refractivity contribution >= 4 is 15.7 Å². The molecule has 1 aliphatic rings. The number of sulfonamides is 1. The van der Waals surface area contributed by atoms with Gasteiger partial charge in [0.05, 0.1) is 10.6 Å². The molecule has 5 nitrogen and oxygen atoms in total. The summed E-state index contributed by atoms with van der Waals surface area (Å²) in [4.78, 5) is -0.0124. The van der Waals surface area contributed by atoms with Gasteiger partial charge in [-0.25, -0.2) is 17.5 Å². The van der Waals surface area contributed by atoms with Crippen LogP contribution in [-0.2, 0) is 14.8 Å². The number of hydrogen-bond acceptors (Lipinski definition) is 4. The van der Waals surface area contributed by atoms with Gasteiger partial charge in [0.1, 0.15) is 5.82 Å². The second kappa shape index (κ2) is 5.31. The molecule has 0 atom stereocenters. The molecule has 2 rings (SSSR count). The van der Waals surface area contributed by atoms with E-state index < -0.39 is 21.4 Å². The molecule has 0 bridgehead atoms. The molecule has 112 valence electrons. The average Bonchev–Trinajstić information content (AvgIpc) is 2.35. The van der Waals surface area contributed by atoms with Gasteiger partial charge in [0.25, 0.3) is 0 Å². The molecule has 1 heterocycles. The number of rotatable bonds is 3. The van der Waals surface area contributed by atoms with E-state index in [4.69, 9.17) is 10.5 Å². The van der Waals surface area contributed by atoms with Gasteiger partial charge in [-0.2, -0.15) is 0 Å². The molecule has 0 spiro atoms. The predicted octanol–water partition coefficient (Wildman–Crippen LogP) is 1.56. The van der Waals surface area contributed by atoms with E-state index in [1.807, 2.05) is 6.92 Å². The minimum atomic E-state index is -3.73. The summed E-state index contributed by atoms with van der Waals surface area (Å²) in [6, 6.07) is 2.43. The van der Waals surface area contributed by atoms with Crippen molar-refractivity contribution in [2.24, 2.45) is 0 Å². The number of nitrogens with one attached hydrogen (secondary N) is 1. The van der Waals surface area contributed by atoms with Gasteiger partial charge in [-0.3, -0.25) is 0 Å². The number of ether oxygens (including phenoxy) is 1. The van der Waals surface area contributed by atoms with E-state index in [9.17, 15) is 12.8 Å². The molecule has 3 N–H and O–H groups in total. The van der Waals surface area contributed by atoms with Gasteiger partial charge in [-0.1, -0.05) is 0 Å². The molecule has 1 aromatic rings. The summed E-state index contributed by atoms with van der Waals surface area (Å²) in [5, 5.41) is 0. The number of nitrogen functional groups attached to an aromatic ring is 1. The number of benzene rings is 1. The number of nitrogens with two attached hydrogens (primary N) is 1. The topological polar surface area (TPSA) is 81.4 Å². The summed E-state index contributed by atoms with van der Waals surface area (Å²) < 4.78 is 46.2. The van der Waals surface area contributed by atoms with Crippen LogP contribution < -0.4 is 10.5 Å². The zero-order chi connectivity index (χ0) is 15.0. The summed E-state index contributed by atoms with van der Waals surface area (Å²) >= 11 is 0. The van der Waals surface area contributed by atoms with E-state index in [-0.39, 0.29) is 16.1 Å². The Bertz CT molecular complexity index is 587. The van der Waals surface area contributed by atoms with Crippen LogP contribution in [0.3, 0.4) is 0 Å². The minimum absolute atomic E-state index is 0.0124. The first-order valence-electron chi connectivity index (χ1n) is 6.41. The standard InChI is InChI=1S/C13H19FN2O3S/c1-9-7-10(8-11(15)12(9)14)20(17,18)16-13(2)3-5-19-6-4-13/h7-8,16H,3-6,15H2,1-2H3. The highest BCUT2D eigenvalue weighted by molar-refractivity contribution is 7.89. The summed E-state index contributed by atoms with van der Waals surface area (Å²) in [5.74, 6) is -0.582. The molecule has 0 unspecified atom stereocenters. The maximum absolute atomic E-state index is 13.5. The fourth-order valence-corrected chi connectivity index (χ4v) is 3.81. The van der Waals surface area contributed by atoms with E-state index in [2.05, 4.69) is 4.72 Å². The molecule has 0 aliphatic carbocycles. The molecule has 1 aromatic carbocycles. The predicted molar refractivity (Wildman–Crippen MR) is 74.3 cm³/mol. The first-order valence-corrected chi connectivity index (χ1v) is 7.89. The third kappa shape index (κ3) is 3.11. The van der Waals surface area contributed by atoms with Crippen LogP contribution in [0.4, 0.5) is 10.1 Å². The maximum atomic E-state index is 13.5. The monoisotopic (exact) mass is 302 g/mol. The highest BCUT2D eigenvalue weighted by Crippen LogP contribution is 2.25. The Morgan fingerprint density at radius 3 is 2.50 bits per heavy atom. The number of aryl methyl sites for hydroxylation is 1. The Hall–Kier alpha value is -1.18. The van der Waals surface area contributed by atoms with Crippen molar-refractivity contribution in [3.63, 3.8) is 0 Å². The fraction of sp³-hybridized carbons (Fsp3) is 0.538. The van der Waals surface area contributed by atoms with Crippen molar-refractivity contribution in [1.29, 1.82) is 0 Å². The Morgan fingerprint density at radius 1 is 1.35 bits per heavy atom. The van der Waals surface area contributed by atoms with Crippen molar-refractivity contribution < 1.29 is 17.5 Å². The number of hydrogen-bond donors (Lipinski definition) is 2. The van der Waals surface area contributed by atoms with E-state index in [1.54, 1.807) is 0 Å². The lowest BCUT2D eigenvalue weighted by molar-refractivity contribution is 0.0537. The lowest BCUT2D eigenvalue weighted by Crippen LogP contribution is -2.49. The molecule has 20 heavy (non-hydrogen) atoms. The highest BCUT2D eigenvalue weighted by atomic mass is 32.2. The molecule has 0 radical (unpaired) electrons. The summed E-state index contributed by atoms with van der Waals surface area (Å²) in [7, 11) is -3.73. The number of halogens is 1. The molecule has 7 heteroatoms. The van der Waals surface area contributed by atoms with Crippen LogP contribution in [0.2, 0.25) is 0 Å². The molecule has 0 saturated carbocycles. The van der Waals surface area contributed by atoms with Crippen molar-refractivity contribution in [3.05, 3.63) is 23.5 Å². The van der Waals surface area contributed by atoms with Crippen molar-refractivity contribution in [3.8, 4) is 0 Å². The van der Waals surface area contributed by atoms with Crippen LogP contribution in [0.1, 0.15) is 25.3 Å². The van der Waals surface area contributed by atoms with Gasteiger partial charge in [-0.15, -0.1) is 0 Å². The Kier molecular flexibility index (Phi) is 4.04. The highest BCUT2D eigenvalue weighted by Gasteiger charge is 2.32. The molecule has 1 fully saturated rings. The second-order valence-electron chi connectivity index (χ2n) is 5.42. The first-order chi connectivity index (χ1) is 9.23. The average molecular weight is 302 g/mol. The second-order valence-corrected chi connectivity index (χ2v) is 7.10. The van der Waals surface area contributed by atoms with Gasteiger partial charge in [0.2, 0.25) is 10.0 Å². The van der Waals surface area contributed by atoms with Crippen LogP contribution in [0.5, 0.6) is 0 Å². The van der Waals surface area contributed by atoms with Gasteiger partial charge in [0, 0.05) is 18.8 Å². The molecule has 0 aromatic heterocycles. The summed E-state index contributed by atoms with van der Waals surface area (Å²) in [5.41, 5.74) is 5.00. The lowest BCUT2D eigenvalue weighted by Gasteiger charge is -2.34. The van der Waals surface area contributed by atoms with E-state index in [1.165, 1.54) is 13.0 Å². The van der Waals surface area contributed by atoms with Gasteiger partial charge in [-0.05, 0) is 44.4 Å². The third-order valence-electron chi connectivity index (χ3n) is 3.54. The van der Waals surface area contributed by atoms with E-state index >= 15 is 0 Å². The zero-order valence-electron chi connectivity index (χ0n) is 11.6. The molecular formula is C13H19FN2O3S. The zero-order valence-corrected chi connectivity index (χ0v) is 12.4. The van der Waals surface area contributed by atoms with Crippen molar-refractivity contribution in [2.75, 3.05) is 18.9 Å². The lowest BCUT2D eigenvalue weighted by atomic mass is 9.94. The Morgan fingerprint density at radius 2 is 1.95 bits per heavy atom. The van der Waals surface area contributed by atoms with E-state index in [0.29, 0.717) is 26.1 Å². The maximum Gasteiger partial charge on any atom is 0.241 e. The quantitative estimate of drug-likeness (QED) is 0.830. The van der Waals surface area contributed by atoms with Gasteiger partial charge in [0.15, 0.2) is 0 Å².